The highest BCUT2D eigenvalue weighted by molar-refractivity contribution is 5.17. The molecule has 222 valence electrons. The van der Waals surface area contributed by atoms with Crippen LogP contribution in [0.15, 0.2) is 109 Å². The fourth-order valence-electron chi connectivity index (χ4n) is 4.29. The Morgan fingerprint density at radius 1 is 0.476 bits per heavy atom. The van der Waals surface area contributed by atoms with Gasteiger partial charge in [-0.2, -0.15) is 0 Å². The molecule has 4 rings (SSSR count). The molecule has 0 aliphatic heterocycles. The van der Waals surface area contributed by atoms with E-state index < -0.39 is 36.1 Å². The van der Waals surface area contributed by atoms with E-state index in [9.17, 15) is 19.0 Å². The fourth-order valence-corrected chi connectivity index (χ4v) is 4.29. The molecule has 0 radical (unpaired) electrons. The number of rotatable bonds is 17. The van der Waals surface area contributed by atoms with E-state index in [-0.39, 0.29) is 39.6 Å². The average molecular weight is 579 g/mol. The van der Waals surface area contributed by atoms with E-state index in [0.29, 0.717) is 11.1 Å². The van der Waals surface area contributed by atoms with Crippen molar-refractivity contribution in [2.75, 3.05) is 13.2 Å². The van der Waals surface area contributed by atoms with Crippen LogP contribution in [0.25, 0.3) is 0 Å². The molecule has 2 N–H and O–H groups in total. The van der Waals surface area contributed by atoms with E-state index in [1.807, 2.05) is 60.7 Å². The molecule has 0 aliphatic rings. The first-order valence-corrected chi connectivity index (χ1v) is 13.8. The molecular weight excluding hydrogens is 542 g/mol. The third-order valence-corrected chi connectivity index (χ3v) is 6.72. The smallest absolute Gasteiger partial charge is 0.128 e. The van der Waals surface area contributed by atoms with Crippen molar-refractivity contribution >= 4 is 0 Å². The number of hydrogen-bond acceptors (Lipinski definition) is 6. The van der Waals surface area contributed by atoms with E-state index in [0.717, 1.165) is 11.1 Å². The molecule has 8 heteroatoms. The molecule has 4 atom stereocenters. The SMILES string of the molecule is O[C@@H]([C@H](O)[C@@H](COCc1ccccc1F)OCc1ccccc1)[C@@H](COCc1ccccc1F)OCc1ccccc1. The van der Waals surface area contributed by atoms with Gasteiger partial charge < -0.3 is 29.2 Å². The van der Waals surface area contributed by atoms with Gasteiger partial charge >= 0.3 is 0 Å². The minimum Gasteiger partial charge on any atom is -0.388 e. The zero-order chi connectivity index (χ0) is 29.6. The molecule has 4 aromatic rings. The number of aliphatic hydroxyl groups is 2. The summed E-state index contributed by atoms with van der Waals surface area (Å²) in [5.74, 6) is -0.803. The molecular formula is C34H36F2O6. The Morgan fingerprint density at radius 3 is 1.21 bits per heavy atom. The first kappa shape index (κ1) is 31.4. The molecule has 0 fully saturated rings. The molecule has 0 spiro atoms. The minimum atomic E-state index is -1.45. The third-order valence-electron chi connectivity index (χ3n) is 6.72. The number of halogens is 2. The summed E-state index contributed by atoms with van der Waals surface area (Å²) in [7, 11) is 0. The number of ether oxygens (including phenoxy) is 4. The Kier molecular flexibility index (Phi) is 12.6. The molecule has 42 heavy (non-hydrogen) atoms. The molecule has 0 heterocycles. The Bertz CT molecular complexity index is 1220. The molecule has 0 unspecified atom stereocenters. The minimum absolute atomic E-state index is 0.0413. The largest absolute Gasteiger partial charge is 0.388 e. The van der Waals surface area contributed by atoms with Gasteiger partial charge in [0.25, 0.3) is 0 Å². The second kappa shape index (κ2) is 16.8. The van der Waals surface area contributed by atoms with Gasteiger partial charge in [0.05, 0.1) is 39.6 Å². The molecule has 0 amide bonds. The van der Waals surface area contributed by atoms with Crippen molar-refractivity contribution in [3.05, 3.63) is 143 Å². The normalized spacial score (nSPS) is 14.3. The van der Waals surface area contributed by atoms with E-state index in [2.05, 4.69) is 0 Å². The lowest BCUT2D eigenvalue weighted by atomic mass is 10.0. The van der Waals surface area contributed by atoms with E-state index in [1.165, 1.54) is 12.1 Å². The van der Waals surface area contributed by atoms with Gasteiger partial charge in [0, 0.05) is 11.1 Å². The van der Waals surface area contributed by atoms with Crippen LogP contribution < -0.4 is 0 Å². The third kappa shape index (κ3) is 9.80. The van der Waals surface area contributed by atoms with Crippen LogP contribution in [0.3, 0.4) is 0 Å². The van der Waals surface area contributed by atoms with Gasteiger partial charge in [-0.1, -0.05) is 97.1 Å². The summed E-state index contributed by atoms with van der Waals surface area (Å²) in [6, 6.07) is 31.3. The quantitative estimate of drug-likeness (QED) is 0.170. The van der Waals surface area contributed by atoms with Gasteiger partial charge in [0.2, 0.25) is 0 Å². The van der Waals surface area contributed by atoms with Crippen molar-refractivity contribution in [1.82, 2.24) is 0 Å². The van der Waals surface area contributed by atoms with Crippen molar-refractivity contribution in [2.45, 2.75) is 50.8 Å². The maximum Gasteiger partial charge on any atom is 0.128 e. The molecule has 0 aromatic heterocycles. The summed E-state index contributed by atoms with van der Waals surface area (Å²) in [6.07, 6.45) is -4.87. The number of benzene rings is 4. The van der Waals surface area contributed by atoms with E-state index in [1.54, 1.807) is 36.4 Å². The second-order valence-corrected chi connectivity index (χ2v) is 9.86. The van der Waals surface area contributed by atoms with Gasteiger partial charge in [-0.25, -0.2) is 8.78 Å². The lowest BCUT2D eigenvalue weighted by Crippen LogP contribution is -2.49. The highest BCUT2D eigenvalue weighted by Gasteiger charge is 2.34. The summed E-state index contributed by atoms with van der Waals surface area (Å²) < 4.78 is 51.7. The van der Waals surface area contributed by atoms with Crippen LogP contribution in [-0.4, -0.2) is 47.8 Å². The van der Waals surface area contributed by atoms with Crippen LogP contribution in [0.5, 0.6) is 0 Å². The van der Waals surface area contributed by atoms with E-state index >= 15 is 0 Å². The highest BCUT2D eigenvalue weighted by atomic mass is 19.1. The van der Waals surface area contributed by atoms with Crippen LogP contribution in [0.2, 0.25) is 0 Å². The van der Waals surface area contributed by atoms with Gasteiger partial charge in [-0.3, -0.25) is 0 Å². The lowest BCUT2D eigenvalue weighted by Gasteiger charge is -2.32. The highest BCUT2D eigenvalue weighted by Crippen LogP contribution is 2.18. The summed E-state index contributed by atoms with van der Waals surface area (Å²) in [6.45, 7) is -0.0299. The fraction of sp³-hybridized carbons (Fsp3) is 0.294. The molecule has 0 bridgehead atoms. The van der Waals surface area contributed by atoms with Crippen LogP contribution in [0, 0.1) is 11.6 Å². The molecule has 0 saturated heterocycles. The van der Waals surface area contributed by atoms with Crippen molar-refractivity contribution in [1.29, 1.82) is 0 Å². The van der Waals surface area contributed by atoms with Crippen molar-refractivity contribution in [3.63, 3.8) is 0 Å². The average Bonchev–Trinajstić information content (AvgIpc) is 3.02. The molecule has 4 aromatic carbocycles. The topological polar surface area (TPSA) is 77.4 Å². The van der Waals surface area contributed by atoms with Gasteiger partial charge in [-0.15, -0.1) is 0 Å². The molecule has 6 nitrogen and oxygen atoms in total. The Balaban J connectivity index is 1.44. The summed E-state index contributed by atoms with van der Waals surface area (Å²) >= 11 is 0. The van der Waals surface area contributed by atoms with Crippen LogP contribution >= 0.6 is 0 Å². The summed E-state index contributed by atoms with van der Waals surface area (Å²) in [5.41, 5.74) is 2.45. The Labute approximate surface area is 245 Å². The predicted octanol–water partition coefficient (Wildman–Crippen LogP) is 5.59. The Morgan fingerprint density at radius 2 is 0.833 bits per heavy atom. The van der Waals surface area contributed by atoms with Gasteiger partial charge in [0.15, 0.2) is 0 Å². The summed E-state index contributed by atoms with van der Waals surface area (Å²) in [4.78, 5) is 0. The maximum absolute atomic E-state index is 14.1. The van der Waals surface area contributed by atoms with Crippen LogP contribution in [0.4, 0.5) is 8.78 Å². The number of aliphatic hydroxyl groups excluding tert-OH is 2. The first-order valence-electron chi connectivity index (χ1n) is 13.8. The van der Waals surface area contributed by atoms with Gasteiger partial charge in [0.1, 0.15) is 36.1 Å². The molecule has 0 aliphatic carbocycles. The van der Waals surface area contributed by atoms with Gasteiger partial charge in [-0.05, 0) is 23.3 Å². The zero-order valence-corrected chi connectivity index (χ0v) is 23.2. The van der Waals surface area contributed by atoms with E-state index in [4.69, 9.17) is 18.9 Å². The standard InChI is InChI=1S/C34H36F2O6/c35-29-17-9-7-15-27(29)21-39-23-31(41-19-25-11-3-1-4-12-25)33(37)34(38)32(42-20-26-13-5-2-6-14-26)24-40-22-28-16-8-10-18-30(28)36/h1-18,31-34,37-38H,19-24H2/t31-,32-,33-,34-/m1/s1. The maximum atomic E-state index is 14.1. The summed E-state index contributed by atoms with van der Waals surface area (Å²) in [5, 5.41) is 22.6. The van der Waals surface area contributed by atoms with Crippen molar-refractivity contribution < 1.29 is 37.9 Å². The zero-order valence-electron chi connectivity index (χ0n) is 23.2. The lowest BCUT2D eigenvalue weighted by molar-refractivity contribution is -0.170. The predicted molar refractivity (Wildman–Crippen MR) is 154 cm³/mol. The van der Waals surface area contributed by atoms with Crippen molar-refractivity contribution in [3.8, 4) is 0 Å². The van der Waals surface area contributed by atoms with Crippen LogP contribution in [-0.2, 0) is 45.4 Å². The number of hydrogen-bond donors (Lipinski definition) is 2. The van der Waals surface area contributed by atoms with Crippen LogP contribution in [0.1, 0.15) is 22.3 Å². The Hall–Kier alpha value is -3.50. The monoisotopic (exact) mass is 578 g/mol. The van der Waals surface area contributed by atoms with Crippen molar-refractivity contribution in [2.24, 2.45) is 0 Å². The first-order chi connectivity index (χ1) is 20.5. The second-order valence-electron chi connectivity index (χ2n) is 9.86. The molecule has 0 saturated carbocycles.